The molecule has 3 aromatic carbocycles. The van der Waals surface area contributed by atoms with E-state index in [1.165, 1.54) is 19.3 Å². The lowest BCUT2D eigenvalue weighted by molar-refractivity contribution is -0.00599. The van der Waals surface area contributed by atoms with E-state index in [9.17, 15) is 14.7 Å². The Hall–Kier alpha value is -3.34. The van der Waals surface area contributed by atoms with Crippen LogP contribution in [-0.4, -0.2) is 30.3 Å². The first-order valence-corrected chi connectivity index (χ1v) is 15.2. The third-order valence-electron chi connectivity index (χ3n) is 9.66. The molecule has 0 saturated heterocycles. The van der Waals surface area contributed by atoms with Gasteiger partial charge < -0.3 is 14.6 Å². The third-order valence-corrected chi connectivity index (χ3v) is 9.66. The monoisotopic (exact) mass is 540 g/mol. The predicted molar refractivity (Wildman–Crippen MR) is 157 cm³/mol. The van der Waals surface area contributed by atoms with Crippen LogP contribution < -0.4 is 4.74 Å². The van der Waals surface area contributed by atoms with E-state index in [0.29, 0.717) is 30.1 Å². The van der Waals surface area contributed by atoms with E-state index >= 15 is 0 Å². The fourth-order valence-corrected chi connectivity index (χ4v) is 8.40. The van der Waals surface area contributed by atoms with Gasteiger partial charge in [-0.1, -0.05) is 44.0 Å². The van der Waals surface area contributed by atoms with E-state index in [1.54, 1.807) is 12.1 Å². The van der Waals surface area contributed by atoms with Crippen molar-refractivity contribution in [1.82, 2.24) is 0 Å². The molecule has 4 aliphatic rings. The molecule has 0 aliphatic heterocycles. The number of aromatic carboxylic acids is 1. The number of rotatable bonds is 10. The highest BCUT2D eigenvalue weighted by atomic mass is 16.5. The quantitative estimate of drug-likeness (QED) is 0.206. The summed E-state index contributed by atoms with van der Waals surface area (Å²) in [5.41, 5.74) is 3.46. The van der Waals surface area contributed by atoms with Gasteiger partial charge in [0, 0.05) is 10.9 Å². The molecule has 5 heteroatoms. The number of carbonyl (C=O) groups is 2. The van der Waals surface area contributed by atoms with Crippen LogP contribution in [-0.2, 0) is 10.2 Å². The van der Waals surface area contributed by atoms with E-state index in [1.807, 2.05) is 37.3 Å². The number of unbranched alkanes of at least 4 members (excludes halogenated alkanes) is 2. The molecule has 4 aliphatic carbocycles. The maximum atomic E-state index is 13.4. The summed E-state index contributed by atoms with van der Waals surface area (Å²) in [4.78, 5) is 25.6. The Bertz CT molecular complexity index is 1400. The van der Waals surface area contributed by atoms with Crippen molar-refractivity contribution in [2.45, 2.75) is 77.0 Å². The summed E-state index contributed by atoms with van der Waals surface area (Å²) >= 11 is 0. The molecule has 0 aromatic heterocycles. The zero-order valence-electron chi connectivity index (χ0n) is 23.7. The SMILES string of the molecule is CCCCCOc1c(-c2ccccc2C(=O)O)ccc2cc(C(=O)OCC)c(C34CC5CC(CC(C5)C3)C4)cc12. The summed E-state index contributed by atoms with van der Waals surface area (Å²) in [7, 11) is 0. The predicted octanol–water partition coefficient (Wildman–Crippen LogP) is 8.42. The lowest BCUT2D eigenvalue weighted by Crippen LogP contribution is -2.49. The second kappa shape index (κ2) is 10.9. The first kappa shape index (κ1) is 26.9. The van der Waals surface area contributed by atoms with E-state index in [4.69, 9.17) is 9.47 Å². The van der Waals surface area contributed by atoms with Gasteiger partial charge in [-0.2, -0.15) is 0 Å². The number of carbonyl (C=O) groups excluding carboxylic acids is 1. The van der Waals surface area contributed by atoms with Crippen LogP contribution in [0.5, 0.6) is 5.75 Å². The molecule has 0 unspecified atom stereocenters. The van der Waals surface area contributed by atoms with Crippen molar-refractivity contribution >= 4 is 22.7 Å². The molecule has 4 bridgehead atoms. The number of fused-ring (bicyclic) bond motifs is 1. The molecule has 210 valence electrons. The van der Waals surface area contributed by atoms with Crippen LogP contribution in [0.15, 0.2) is 48.5 Å². The smallest absolute Gasteiger partial charge is 0.338 e. The highest BCUT2D eigenvalue weighted by Crippen LogP contribution is 2.61. The molecule has 4 fully saturated rings. The minimum Gasteiger partial charge on any atom is -0.492 e. The molecule has 0 spiro atoms. The van der Waals surface area contributed by atoms with Crippen LogP contribution >= 0.6 is 0 Å². The zero-order valence-corrected chi connectivity index (χ0v) is 23.7. The molecular weight excluding hydrogens is 500 g/mol. The minimum absolute atomic E-state index is 0.0144. The highest BCUT2D eigenvalue weighted by Gasteiger charge is 2.52. The van der Waals surface area contributed by atoms with E-state index in [0.717, 1.165) is 78.2 Å². The van der Waals surface area contributed by atoms with Crippen molar-refractivity contribution in [2.24, 2.45) is 17.8 Å². The lowest BCUT2D eigenvalue weighted by Gasteiger charge is -2.57. The molecule has 3 aromatic rings. The van der Waals surface area contributed by atoms with Gasteiger partial charge in [-0.3, -0.25) is 0 Å². The first-order chi connectivity index (χ1) is 19.4. The minimum atomic E-state index is -0.959. The molecule has 0 atom stereocenters. The molecular formula is C35H40O5. The standard InChI is InChI=1S/C35H40O5/c1-3-5-8-13-40-32-27(26-9-6-7-10-28(26)33(36)37)12-11-25-17-30(34(38)39-4-2)31(18-29(25)32)35-19-22-14-23(20-35)16-24(15-22)21-35/h6-7,9-12,17-18,22-24H,3-5,8,13-16,19-21H2,1-2H3,(H,36,37). The molecule has 4 saturated carbocycles. The second-order valence-corrected chi connectivity index (χ2v) is 12.4. The summed E-state index contributed by atoms with van der Waals surface area (Å²) in [6.45, 7) is 4.92. The van der Waals surface area contributed by atoms with Gasteiger partial charge in [0.25, 0.3) is 0 Å². The third kappa shape index (κ3) is 4.78. The average molecular weight is 541 g/mol. The van der Waals surface area contributed by atoms with Gasteiger partial charge in [-0.25, -0.2) is 9.59 Å². The van der Waals surface area contributed by atoms with E-state index in [2.05, 4.69) is 13.0 Å². The second-order valence-electron chi connectivity index (χ2n) is 12.4. The molecule has 7 rings (SSSR count). The average Bonchev–Trinajstić information content (AvgIpc) is 2.94. The zero-order chi connectivity index (χ0) is 27.9. The number of hydrogen-bond donors (Lipinski definition) is 1. The van der Waals surface area contributed by atoms with Crippen molar-refractivity contribution in [1.29, 1.82) is 0 Å². The fourth-order valence-electron chi connectivity index (χ4n) is 8.40. The first-order valence-electron chi connectivity index (χ1n) is 15.2. The van der Waals surface area contributed by atoms with Gasteiger partial charge in [0.05, 0.1) is 24.3 Å². The van der Waals surface area contributed by atoms with Crippen LogP contribution in [0, 0.1) is 17.8 Å². The number of carboxylic acid groups (broad SMARTS) is 1. The number of hydrogen-bond acceptors (Lipinski definition) is 4. The van der Waals surface area contributed by atoms with Crippen LogP contribution in [0.2, 0.25) is 0 Å². The van der Waals surface area contributed by atoms with Crippen molar-refractivity contribution in [3.63, 3.8) is 0 Å². The Kier molecular flexibility index (Phi) is 7.33. The maximum absolute atomic E-state index is 13.4. The van der Waals surface area contributed by atoms with Crippen LogP contribution in [0.4, 0.5) is 0 Å². The highest BCUT2D eigenvalue weighted by molar-refractivity contribution is 6.04. The van der Waals surface area contributed by atoms with E-state index in [-0.39, 0.29) is 16.9 Å². The van der Waals surface area contributed by atoms with Gasteiger partial charge in [0.1, 0.15) is 5.75 Å². The Morgan fingerprint density at radius 3 is 2.23 bits per heavy atom. The number of ether oxygens (including phenoxy) is 2. The van der Waals surface area contributed by atoms with Crippen molar-refractivity contribution in [2.75, 3.05) is 13.2 Å². The molecule has 0 radical (unpaired) electrons. The summed E-state index contributed by atoms with van der Waals surface area (Å²) in [5.74, 6) is 1.70. The molecule has 40 heavy (non-hydrogen) atoms. The fraction of sp³-hybridized carbons (Fsp3) is 0.486. The Morgan fingerprint density at radius 1 is 0.875 bits per heavy atom. The molecule has 0 amide bonds. The summed E-state index contributed by atoms with van der Waals surface area (Å²) in [5, 5.41) is 11.8. The van der Waals surface area contributed by atoms with Gasteiger partial charge in [-0.15, -0.1) is 0 Å². The van der Waals surface area contributed by atoms with Gasteiger partial charge >= 0.3 is 11.9 Å². The van der Waals surface area contributed by atoms with Crippen LogP contribution in [0.1, 0.15) is 97.9 Å². The Balaban J connectivity index is 1.57. The van der Waals surface area contributed by atoms with Crippen molar-refractivity contribution in [3.05, 3.63) is 65.2 Å². The number of benzene rings is 3. The van der Waals surface area contributed by atoms with Crippen LogP contribution in [0.3, 0.4) is 0 Å². The maximum Gasteiger partial charge on any atom is 0.338 e. The van der Waals surface area contributed by atoms with Gasteiger partial charge in [0.2, 0.25) is 0 Å². The van der Waals surface area contributed by atoms with Crippen molar-refractivity contribution in [3.8, 4) is 16.9 Å². The molecule has 5 nitrogen and oxygen atoms in total. The van der Waals surface area contributed by atoms with Crippen LogP contribution in [0.25, 0.3) is 21.9 Å². The summed E-state index contributed by atoms with van der Waals surface area (Å²) < 4.78 is 12.2. The summed E-state index contributed by atoms with van der Waals surface area (Å²) in [6, 6.07) is 15.3. The Labute approximate surface area is 236 Å². The lowest BCUT2D eigenvalue weighted by atomic mass is 9.47. The number of carboxylic acids is 1. The van der Waals surface area contributed by atoms with Crippen molar-refractivity contribution < 1.29 is 24.2 Å². The molecule has 1 N–H and O–H groups in total. The largest absolute Gasteiger partial charge is 0.492 e. The molecule has 0 heterocycles. The topological polar surface area (TPSA) is 72.8 Å². The van der Waals surface area contributed by atoms with Gasteiger partial charge in [-0.05, 0) is 116 Å². The normalized spacial score (nSPS) is 24.8. The van der Waals surface area contributed by atoms with Gasteiger partial charge in [0.15, 0.2) is 0 Å². The van der Waals surface area contributed by atoms with E-state index < -0.39 is 5.97 Å². The summed E-state index contributed by atoms with van der Waals surface area (Å²) in [6.07, 6.45) is 10.4. The Morgan fingerprint density at radius 2 is 1.57 bits per heavy atom. The number of esters is 1.